The number of hydrogen-bond acceptors (Lipinski definition) is 5. The summed E-state index contributed by atoms with van der Waals surface area (Å²) in [7, 11) is 0. The second-order valence-corrected chi connectivity index (χ2v) is 5.87. The third-order valence-corrected chi connectivity index (χ3v) is 3.78. The highest BCUT2D eigenvalue weighted by molar-refractivity contribution is 7.11. The molecule has 1 atom stereocenters. The number of nitrogens with one attached hydrogen (secondary N) is 1. The smallest absolute Gasteiger partial charge is 0.404 e. The predicted molar refractivity (Wildman–Crippen MR) is 74.4 cm³/mol. The molecule has 2 aromatic rings. The molecular formula is C13H16N2O3S. The molecule has 0 aliphatic carbocycles. The van der Waals surface area contributed by atoms with Gasteiger partial charge in [0.1, 0.15) is 10.7 Å². The second-order valence-electron chi connectivity index (χ2n) is 4.50. The van der Waals surface area contributed by atoms with E-state index in [1.54, 1.807) is 17.4 Å². The summed E-state index contributed by atoms with van der Waals surface area (Å²) in [6.45, 7) is 4.68. The summed E-state index contributed by atoms with van der Waals surface area (Å²) >= 11 is 1.79. The van der Waals surface area contributed by atoms with Crippen molar-refractivity contribution < 1.29 is 9.34 Å². The number of nitrogens with zero attached hydrogens (tertiary/aromatic N) is 1. The second kappa shape index (κ2) is 5.99. The summed E-state index contributed by atoms with van der Waals surface area (Å²) in [4.78, 5) is 12.6. The molecule has 0 spiro atoms. The molecule has 0 amide bonds. The third-order valence-electron chi connectivity index (χ3n) is 2.76. The molecule has 0 radical (unpaired) electrons. The van der Waals surface area contributed by atoms with Gasteiger partial charge in [0.15, 0.2) is 0 Å². The molecule has 2 heterocycles. The van der Waals surface area contributed by atoms with Crippen LogP contribution in [0.4, 0.5) is 5.88 Å². The van der Waals surface area contributed by atoms with Crippen LogP contribution in [0.3, 0.4) is 0 Å². The number of furan rings is 1. The maximum atomic E-state index is 10.5. The van der Waals surface area contributed by atoms with Gasteiger partial charge in [-0.05, 0) is 38.5 Å². The fourth-order valence-electron chi connectivity index (χ4n) is 1.80. The molecule has 1 unspecified atom stereocenters. The van der Waals surface area contributed by atoms with Crippen molar-refractivity contribution in [1.82, 2.24) is 5.32 Å². The van der Waals surface area contributed by atoms with Crippen molar-refractivity contribution in [3.05, 3.63) is 49.9 Å². The van der Waals surface area contributed by atoms with Crippen molar-refractivity contribution in [2.75, 3.05) is 0 Å². The lowest BCUT2D eigenvalue weighted by molar-refractivity contribution is -0.402. The maximum Gasteiger partial charge on any atom is 0.433 e. The quantitative estimate of drug-likeness (QED) is 0.651. The van der Waals surface area contributed by atoms with Crippen LogP contribution in [0.1, 0.15) is 22.4 Å². The summed E-state index contributed by atoms with van der Waals surface area (Å²) in [5.41, 5.74) is 0. The van der Waals surface area contributed by atoms with Gasteiger partial charge in [-0.1, -0.05) is 0 Å². The van der Waals surface area contributed by atoms with Crippen LogP contribution >= 0.6 is 11.3 Å². The van der Waals surface area contributed by atoms with Gasteiger partial charge in [-0.3, -0.25) is 10.1 Å². The first-order valence-electron chi connectivity index (χ1n) is 6.06. The van der Waals surface area contributed by atoms with Gasteiger partial charge in [-0.15, -0.1) is 11.3 Å². The molecule has 0 aromatic carbocycles. The molecule has 2 aromatic heterocycles. The average Bonchev–Trinajstić information content (AvgIpc) is 2.96. The lowest BCUT2D eigenvalue weighted by atomic mass is 10.2. The van der Waals surface area contributed by atoms with Crippen molar-refractivity contribution in [3.63, 3.8) is 0 Å². The number of rotatable bonds is 6. The largest absolute Gasteiger partial charge is 0.433 e. The van der Waals surface area contributed by atoms with Crippen LogP contribution in [0.25, 0.3) is 0 Å². The van der Waals surface area contributed by atoms with Gasteiger partial charge < -0.3 is 9.73 Å². The van der Waals surface area contributed by atoms with Gasteiger partial charge >= 0.3 is 5.88 Å². The van der Waals surface area contributed by atoms with Crippen molar-refractivity contribution in [1.29, 1.82) is 0 Å². The minimum atomic E-state index is -0.526. The van der Waals surface area contributed by atoms with Gasteiger partial charge in [0, 0.05) is 15.8 Å². The van der Waals surface area contributed by atoms with Gasteiger partial charge in [-0.25, -0.2) is 0 Å². The van der Waals surface area contributed by atoms with E-state index in [0.717, 1.165) is 6.42 Å². The first kappa shape index (κ1) is 13.8. The Morgan fingerprint density at radius 2 is 2.21 bits per heavy atom. The highest BCUT2D eigenvalue weighted by Gasteiger charge is 2.12. The summed E-state index contributed by atoms with van der Waals surface area (Å²) in [5, 5.41) is 13.8. The molecule has 0 aliphatic rings. The van der Waals surface area contributed by atoms with Crippen LogP contribution in [0.15, 0.2) is 28.7 Å². The molecular weight excluding hydrogens is 264 g/mol. The van der Waals surface area contributed by atoms with Gasteiger partial charge in [0.05, 0.1) is 12.6 Å². The first-order valence-corrected chi connectivity index (χ1v) is 6.88. The Labute approximate surface area is 115 Å². The number of nitro groups is 1. The predicted octanol–water partition coefficient (Wildman–Crippen LogP) is 3.28. The lowest BCUT2D eigenvalue weighted by Gasteiger charge is -2.11. The standard InChI is InChI=1S/C13H16N2O3S/c1-9(7-12-5-3-10(2)19-12)14-8-11-4-6-13(18-11)15(16)17/h3-6,9,14H,7-8H2,1-2H3. The van der Waals surface area contributed by atoms with E-state index in [2.05, 4.69) is 31.3 Å². The Balaban J connectivity index is 1.82. The van der Waals surface area contributed by atoms with E-state index in [1.165, 1.54) is 15.8 Å². The summed E-state index contributed by atoms with van der Waals surface area (Å²) < 4.78 is 5.09. The average molecular weight is 280 g/mol. The Bertz CT molecular complexity index is 562. The highest BCUT2D eigenvalue weighted by Crippen LogP contribution is 2.18. The summed E-state index contributed by atoms with van der Waals surface area (Å²) in [5.74, 6) is 0.374. The van der Waals surface area contributed by atoms with Gasteiger partial charge in [0.25, 0.3) is 0 Å². The Kier molecular flexibility index (Phi) is 4.34. The van der Waals surface area contributed by atoms with Crippen LogP contribution in [0.5, 0.6) is 0 Å². The molecule has 0 saturated heterocycles. The molecule has 102 valence electrons. The minimum Gasteiger partial charge on any atom is -0.404 e. The Morgan fingerprint density at radius 3 is 2.79 bits per heavy atom. The minimum absolute atomic E-state index is 0.210. The Morgan fingerprint density at radius 1 is 1.42 bits per heavy atom. The first-order chi connectivity index (χ1) is 9.04. The van der Waals surface area contributed by atoms with Crippen molar-refractivity contribution in [2.45, 2.75) is 32.9 Å². The number of thiophene rings is 1. The van der Waals surface area contributed by atoms with E-state index in [9.17, 15) is 10.1 Å². The van der Waals surface area contributed by atoms with E-state index in [-0.39, 0.29) is 5.88 Å². The van der Waals surface area contributed by atoms with Crippen molar-refractivity contribution in [2.24, 2.45) is 0 Å². The molecule has 0 fully saturated rings. The van der Waals surface area contributed by atoms with Gasteiger partial charge in [0.2, 0.25) is 0 Å². The third kappa shape index (κ3) is 3.90. The highest BCUT2D eigenvalue weighted by atomic mass is 32.1. The van der Waals surface area contributed by atoms with E-state index in [1.807, 2.05) is 0 Å². The van der Waals surface area contributed by atoms with Crippen LogP contribution in [0.2, 0.25) is 0 Å². The van der Waals surface area contributed by atoms with Crippen LogP contribution in [0, 0.1) is 17.0 Å². The zero-order valence-electron chi connectivity index (χ0n) is 10.9. The fourth-order valence-corrected chi connectivity index (χ4v) is 2.82. The molecule has 5 nitrogen and oxygen atoms in total. The fraction of sp³-hybridized carbons (Fsp3) is 0.385. The molecule has 0 bridgehead atoms. The van der Waals surface area contributed by atoms with E-state index in [0.29, 0.717) is 18.3 Å². The van der Waals surface area contributed by atoms with Crippen molar-refractivity contribution in [3.8, 4) is 0 Å². The molecule has 0 aliphatic heterocycles. The molecule has 1 N–H and O–H groups in total. The molecule has 0 saturated carbocycles. The van der Waals surface area contributed by atoms with E-state index < -0.39 is 4.92 Å². The SMILES string of the molecule is Cc1ccc(CC(C)NCc2ccc([N+](=O)[O-])o2)s1. The van der Waals surface area contributed by atoms with Crippen molar-refractivity contribution >= 4 is 17.2 Å². The number of aryl methyl sites for hydroxylation is 1. The topological polar surface area (TPSA) is 68.3 Å². The van der Waals surface area contributed by atoms with E-state index >= 15 is 0 Å². The number of hydrogen-bond donors (Lipinski definition) is 1. The summed E-state index contributed by atoms with van der Waals surface area (Å²) in [6.07, 6.45) is 0.946. The monoisotopic (exact) mass is 280 g/mol. The summed E-state index contributed by atoms with van der Waals surface area (Å²) in [6, 6.07) is 7.55. The van der Waals surface area contributed by atoms with Gasteiger partial charge in [-0.2, -0.15) is 0 Å². The molecule has 2 rings (SSSR count). The van der Waals surface area contributed by atoms with Crippen LogP contribution in [-0.4, -0.2) is 11.0 Å². The normalized spacial score (nSPS) is 12.5. The molecule has 19 heavy (non-hydrogen) atoms. The zero-order chi connectivity index (χ0) is 13.8. The van der Waals surface area contributed by atoms with Crippen LogP contribution < -0.4 is 5.32 Å². The Hall–Kier alpha value is -1.66. The molecule has 6 heteroatoms. The maximum absolute atomic E-state index is 10.5. The van der Waals surface area contributed by atoms with Crippen LogP contribution in [-0.2, 0) is 13.0 Å². The van der Waals surface area contributed by atoms with E-state index in [4.69, 9.17) is 4.42 Å². The zero-order valence-corrected chi connectivity index (χ0v) is 11.7. The lowest BCUT2D eigenvalue weighted by Crippen LogP contribution is -2.27.